The fourth-order valence-corrected chi connectivity index (χ4v) is 7.14. The van der Waals surface area contributed by atoms with E-state index in [0.29, 0.717) is 5.25 Å². The summed E-state index contributed by atoms with van der Waals surface area (Å²) in [6.45, 7) is 5.96. The Bertz CT molecular complexity index is 187. The molecular weight excluding hydrogens is 255 g/mol. The zero-order chi connectivity index (χ0) is 10.3. The lowest BCUT2D eigenvalue weighted by atomic mass is 10.1. The second-order valence-electron chi connectivity index (χ2n) is 2.88. The molecule has 0 nitrogen and oxygen atoms in total. The topological polar surface area (TPSA) is 0 Å². The first-order valence-corrected chi connectivity index (χ1v) is 10.9. The van der Waals surface area contributed by atoms with E-state index in [4.69, 9.17) is 11.8 Å². The molecule has 0 N–H and O–H groups in total. The quantitative estimate of drug-likeness (QED) is 0.383. The fraction of sp³-hybridized carbons (Fsp3) is 0.750. The Morgan fingerprint density at radius 1 is 1.62 bits per heavy atom. The third-order valence-corrected chi connectivity index (χ3v) is 6.79. The molecule has 0 aliphatic rings. The molecule has 0 fully saturated rings. The van der Waals surface area contributed by atoms with Crippen LogP contribution < -0.4 is 0 Å². The number of unbranched alkanes of at least 4 members (excludes halogenated alkanes) is 1. The summed E-state index contributed by atoms with van der Waals surface area (Å²) in [4.78, 5) is 0. The largest absolute Gasteiger partial charge is 0.122 e. The number of allylic oxidation sites excluding steroid dienone is 1. The van der Waals surface area contributed by atoms with Crippen LogP contribution in [0.25, 0.3) is 0 Å². The van der Waals surface area contributed by atoms with Gasteiger partial charge in [0.05, 0.1) is 0 Å². The van der Waals surface area contributed by atoms with E-state index in [-0.39, 0.29) is 0 Å². The summed E-state index contributed by atoms with van der Waals surface area (Å²) in [6.07, 6.45) is 6.66. The summed E-state index contributed by atoms with van der Waals surface area (Å²) in [5.74, 6) is 0. The van der Waals surface area contributed by atoms with Crippen molar-refractivity contribution < 1.29 is 0 Å². The van der Waals surface area contributed by atoms with E-state index in [1.165, 1.54) is 19.3 Å². The first kappa shape index (κ1) is 14.4. The lowest BCUT2D eigenvalue weighted by Gasteiger charge is -2.17. The maximum atomic E-state index is 5.19. The molecule has 5 heteroatoms. The van der Waals surface area contributed by atoms with Crippen LogP contribution in [0.5, 0.6) is 0 Å². The molecule has 0 rings (SSSR count). The molecule has 0 aliphatic heterocycles. The van der Waals surface area contributed by atoms with Crippen molar-refractivity contribution in [3.05, 3.63) is 12.7 Å². The lowest BCUT2D eigenvalue weighted by Crippen LogP contribution is -1.98. The smallest absolute Gasteiger partial charge is 0.103 e. The lowest BCUT2D eigenvalue weighted by molar-refractivity contribution is 0.690. The first-order valence-electron chi connectivity index (χ1n) is 4.34. The number of hydrogen-bond acceptors (Lipinski definition) is 2. The van der Waals surface area contributed by atoms with Gasteiger partial charge >= 0.3 is 0 Å². The monoisotopic (exact) mass is 272 g/mol. The third kappa shape index (κ3) is 9.74. The highest BCUT2D eigenvalue weighted by molar-refractivity contribution is 9.17. The van der Waals surface area contributed by atoms with Crippen LogP contribution in [0.3, 0.4) is 0 Å². The summed E-state index contributed by atoms with van der Waals surface area (Å²) < 4.78 is -1.70. The molecule has 0 heterocycles. The zero-order valence-electron chi connectivity index (χ0n) is 7.85. The normalized spacial score (nSPS) is 14.1. The minimum absolute atomic E-state index is 0.568. The molecule has 0 aromatic carbocycles. The zero-order valence-corrected chi connectivity index (χ0v) is 12.2. The molecule has 78 valence electrons. The second-order valence-corrected chi connectivity index (χ2v) is 17.1. The van der Waals surface area contributed by atoms with E-state index >= 15 is 0 Å². The Labute approximate surface area is 101 Å². The van der Waals surface area contributed by atoms with Gasteiger partial charge in [0.25, 0.3) is 0 Å². The molecule has 0 saturated heterocycles. The van der Waals surface area contributed by atoms with Crippen molar-refractivity contribution in [3.63, 3.8) is 0 Å². The van der Waals surface area contributed by atoms with E-state index < -0.39 is 3.64 Å². The predicted molar refractivity (Wildman–Crippen MR) is 78.0 cm³/mol. The van der Waals surface area contributed by atoms with Crippen molar-refractivity contribution in [3.8, 4) is 0 Å². The van der Waals surface area contributed by atoms with Gasteiger partial charge in [-0.15, -0.1) is 42.5 Å². The van der Waals surface area contributed by atoms with Crippen molar-refractivity contribution in [1.29, 1.82) is 0 Å². The van der Waals surface area contributed by atoms with Crippen LogP contribution in [0.1, 0.15) is 32.6 Å². The number of rotatable bonds is 7. The van der Waals surface area contributed by atoms with Crippen LogP contribution in [0.15, 0.2) is 12.7 Å². The Hall–Kier alpha value is 1.44. The van der Waals surface area contributed by atoms with Gasteiger partial charge in [0, 0.05) is 5.25 Å². The van der Waals surface area contributed by atoms with Gasteiger partial charge in [0.15, 0.2) is 0 Å². The summed E-state index contributed by atoms with van der Waals surface area (Å²) in [6, 6.07) is 0. The Balaban J connectivity index is 3.93. The van der Waals surface area contributed by atoms with Crippen LogP contribution in [-0.4, -0.2) is 5.25 Å². The molecule has 0 amide bonds. The highest BCUT2D eigenvalue weighted by atomic mass is 33.5. The molecular formula is C8H17PS4. The van der Waals surface area contributed by atoms with E-state index in [1.54, 1.807) is 11.4 Å². The molecule has 0 aromatic rings. The predicted octanol–water partition coefficient (Wildman–Crippen LogP) is 4.94. The average molecular weight is 272 g/mol. The van der Waals surface area contributed by atoms with Crippen LogP contribution >= 0.6 is 39.5 Å². The van der Waals surface area contributed by atoms with Crippen molar-refractivity contribution in [1.82, 2.24) is 0 Å². The van der Waals surface area contributed by atoms with Crippen molar-refractivity contribution in [2.75, 3.05) is 0 Å². The van der Waals surface area contributed by atoms with Gasteiger partial charge < -0.3 is 0 Å². The Morgan fingerprint density at radius 2 is 2.23 bits per heavy atom. The second kappa shape index (κ2) is 7.70. The third-order valence-electron chi connectivity index (χ3n) is 1.60. The van der Waals surface area contributed by atoms with Gasteiger partial charge in [0.2, 0.25) is 0 Å². The molecule has 13 heavy (non-hydrogen) atoms. The number of hydrogen-bond donors (Lipinski definition) is 2. The summed E-state index contributed by atoms with van der Waals surface area (Å²) in [5, 5.41) is 0.568. The van der Waals surface area contributed by atoms with Gasteiger partial charge in [-0.25, -0.2) is 0 Å². The van der Waals surface area contributed by atoms with Crippen LogP contribution in [0, 0.1) is 0 Å². The SMILES string of the molecule is C=CCC(CCCC)SP(=S)(S)S. The maximum Gasteiger partial charge on any atom is 0.103 e. The molecule has 0 spiro atoms. The molecule has 1 unspecified atom stereocenters. The van der Waals surface area contributed by atoms with Crippen LogP contribution in [-0.2, 0) is 11.8 Å². The van der Waals surface area contributed by atoms with Gasteiger partial charge in [0.1, 0.15) is 3.64 Å². The molecule has 0 aromatic heterocycles. The van der Waals surface area contributed by atoms with Crippen molar-refractivity contribution in [2.24, 2.45) is 0 Å². The van der Waals surface area contributed by atoms with Gasteiger partial charge in [-0.3, -0.25) is 0 Å². The summed E-state index contributed by atoms with van der Waals surface area (Å²) in [5.41, 5.74) is 0. The van der Waals surface area contributed by atoms with E-state index in [9.17, 15) is 0 Å². The average Bonchev–Trinajstić information content (AvgIpc) is 1.98. The standard InChI is InChI=1S/C8H17PS4/c1-3-5-7-8(6-4-2)13-9(10,11)12/h4,8H,2-3,5-7H2,1H3,(H2,10,11,12). The molecule has 0 saturated carbocycles. The van der Waals surface area contributed by atoms with Gasteiger partial charge in [-0.1, -0.05) is 37.6 Å². The summed E-state index contributed by atoms with van der Waals surface area (Å²) >= 11 is 15.6. The van der Waals surface area contributed by atoms with E-state index in [0.717, 1.165) is 6.42 Å². The fourth-order valence-electron chi connectivity index (χ4n) is 1.03. The highest BCUT2D eigenvalue weighted by Crippen LogP contribution is 2.69. The first-order chi connectivity index (χ1) is 5.99. The Kier molecular flexibility index (Phi) is 8.55. The molecule has 0 aliphatic carbocycles. The van der Waals surface area contributed by atoms with Gasteiger partial charge in [-0.2, -0.15) is 0 Å². The molecule has 0 radical (unpaired) electrons. The highest BCUT2D eigenvalue weighted by Gasteiger charge is 2.14. The van der Waals surface area contributed by atoms with Crippen molar-refractivity contribution >= 4 is 51.3 Å². The maximum absolute atomic E-state index is 5.19. The van der Waals surface area contributed by atoms with Crippen LogP contribution in [0.2, 0.25) is 0 Å². The van der Waals surface area contributed by atoms with Crippen LogP contribution in [0.4, 0.5) is 0 Å². The van der Waals surface area contributed by atoms with Crippen molar-refractivity contribution in [2.45, 2.75) is 37.9 Å². The summed E-state index contributed by atoms with van der Waals surface area (Å²) in [7, 11) is 0. The number of thiol groups is 2. The van der Waals surface area contributed by atoms with Gasteiger partial charge in [-0.05, 0) is 12.8 Å². The van der Waals surface area contributed by atoms with E-state index in [2.05, 4.69) is 38.0 Å². The molecule has 1 atom stereocenters. The minimum atomic E-state index is -1.70. The Morgan fingerprint density at radius 3 is 2.62 bits per heavy atom. The van der Waals surface area contributed by atoms with E-state index in [1.807, 2.05) is 6.08 Å². The minimum Gasteiger partial charge on any atom is -0.122 e. The molecule has 0 bridgehead atoms.